The molecule has 0 bridgehead atoms. The number of carboxylic acids is 1. The van der Waals surface area contributed by atoms with Gasteiger partial charge in [0.25, 0.3) is 5.88 Å². The van der Waals surface area contributed by atoms with E-state index in [4.69, 9.17) is 37.8 Å². The minimum atomic E-state index is -1.24. The first-order valence-electron chi connectivity index (χ1n) is 4.68. The Hall–Kier alpha value is -1.27. The molecule has 1 aliphatic carbocycles. The normalized spacial score (nSPS) is 16.4. The highest BCUT2D eigenvalue weighted by molar-refractivity contribution is 6.33. The molecule has 1 fully saturated rings. The van der Waals surface area contributed by atoms with Gasteiger partial charge in [0.15, 0.2) is 5.15 Å². The van der Waals surface area contributed by atoms with Gasteiger partial charge in [0.2, 0.25) is 16.6 Å². The van der Waals surface area contributed by atoms with Crippen molar-refractivity contribution in [3.05, 3.63) is 10.4 Å². The molecule has 1 N–H and O–H groups in total. The van der Waals surface area contributed by atoms with E-state index in [0.29, 0.717) is 12.8 Å². The molecule has 2 rings (SSSR count). The predicted octanol–water partition coefficient (Wildman–Crippen LogP) is 1.79. The number of nitrogens with zero attached hydrogens (tertiary/aromatic N) is 2. The summed E-state index contributed by atoms with van der Waals surface area (Å²) in [6.07, 6.45) is 0.815. The van der Waals surface area contributed by atoms with E-state index in [1.54, 1.807) is 0 Å². The first-order chi connectivity index (χ1) is 7.98. The maximum absolute atomic E-state index is 11.0. The van der Waals surface area contributed by atoms with Gasteiger partial charge in [-0.1, -0.05) is 11.6 Å². The van der Waals surface area contributed by atoms with Crippen molar-refractivity contribution in [3.8, 4) is 11.6 Å². The second-order valence-corrected chi connectivity index (χ2v) is 4.22. The zero-order chi connectivity index (χ0) is 12.6. The zero-order valence-electron chi connectivity index (χ0n) is 8.74. The molecule has 92 valence electrons. The van der Waals surface area contributed by atoms with Crippen molar-refractivity contribution in [1.29, 1.82) is 0 Å². The number of halogens is 2. The fourth-order valence-corrected chi connectivity index (χ4v) is 1.72. The number of aromatic nitrogens is 2. The molecule has 0 unspecified atom stereocenters. The van der Waals surface area contributed by atoms with E-state index < -0.39 is 11.6 Å². The van der Waals surface area contributed by atoms with Crippen molar-refractivity contribution < 1.29 is 19.4 Å². The lowest BCUT2D eigenvalue weighted by Crippen LogP contribution is -2.29. The molecule has 0 radical (unpaired) electrons. The van der Waals surface area contributed by atoms with Gasteiger partial charge in [0.05, 0.1) is 7.11 Å². The first kappa shape index (κ1) is 12.2. The van der Waals surface area contributed by atoms with E-state index >= 15 is 0 Å². The maximum Gasteiger partial charge on any atom is 0.348 e. The van der Waals surface area contributed by atoms with Crippen LogP contribution in [0, 0.1) is 0 Å². The summed E-state index contributed by atoms with van der Waals surface area (Å²) in [6.45, 7) is 0. The van der Waals surface area contributed by atoms with Crippen LogP contribution in [0.15, 0.2) is 0 Å². The third-order valence-corrected chi connectivity index (χ3v) is 2.78. The molecule has 1 heterocycles. The predicted molar refractivity (Wildman–Crippen MR) is 58.8 cm³/mol. The Balaban J connectivity index is 2.35. The van der Waals surface area contributed by atoms with Crippen LogP contribution in [-0.2, 0) is 4.79 Å². The van der Waals surface area contributed by atoms with Gasteiger partial charge in [-0.25, -0.2) is 9.78 Å². The summed E-state index contributed by atoms with van der Waals surface area (Å²) in [5.41, 5.74) is -1.24. The molecule has 0 amide bonds. The van der Waals surface area contributed by atoms with Gasteiger partial charge < -0.3 is 14.6 Å². The number of aliphatic carboxylic acids is 1. The molecule has 0 atom stereocenters. The van der Waals surface area contributed by atoms with E-state index in [1.807, 2.05) is 0 Å². The van der Waals surface area contributed by atoms with Crippen LogP contribution in [-0.4, -0.2) is 33.8 Å². The van der Waals surface area contributed by atoms with Crippen molar-refractivity contribution in [2.75, 3.05) is 7.11 Å². The second kappa shape index (κ2) is 4.19. The van der Waals surface area contributed by atoms with Crippen molar-refractivity contribution in [3.63, 3.8) is 0 Å². The fraction of sp³-hybridized carbons (Fsp3) is 0.444. The van der Waals surface area contributed by atoms with Gasteiger partial charge in [-0.3, -0.25) is 0 Å². The SMILES string of the molecule is COc1c(Cl)nc(Cl)nc1OC1(C(=O)O)CC1. The molecular weight excluding hydrogens is 271 g/mol. The average Bonchev–Trinajstić information content (AvgIpc) is 2.98. The third-order valence-electron chi connectivity index (χ3n) is 2.36. The average molecular weight is 279 g/mol. The number of rotatable bonds is 4. The number of carbonyl (C=O) groups is 1. The van der Waals surface area contributed by atoms with Crippen LogP contribution >= 0.6 is 23.2 Å². The Labute approximate surface area is 106 Å². The largest absolute Gasteiger partial charge is 0.489 e. The van der Waals surface area contributed by atoms with Gasteiger partial charge in [-0.15, -0.1) is 0 Å². The molecule has 17 heavy (non-hydrogen) atoms. The molecule has 0 spiro atoms. The van der Waals surface area contributed by atoms with Crippen LogP contribution in [0.1, 0.15) is 12.8 Å². The summed E-state index contributed by atoms with van der Waals surface area (Å²) in [6, 6.07) is 0. The summed E-state index contributed by atoms with van der Waals surface area (Å²) in [5.74, 6) is -1.04. The second-order valence-electron chi connectivity index (χ2n) is 3.52. The Morgan fingerprint density at radius 3 is 2.53 bits per heavy atom. The van der Waals surface area contributed by atoms with E-state index in [0.717, 1.165) is 0 Å². The van der Waals surface area contributed by atoms with Crippen LogP contribution in [0.3, 0.4) is 0 Å². The van der Waals surface area contributed by atoms with Crippen molar-refractivity contribution >= 4 is 29.2 Å². The fourth-order valence-electron chi connectivity index (χ4n) is 1.28. The molecule has 6 nitrogen and oxygen atoms in total. The topological polar surface area (TPSA) is 81.5 Å². The highest BCUT2D eigenvalue weighted by Gasteiger charge is 2.54. The van der Waals surface area contributed by atoms with Crippen LogP contribution in [0.4, 0.5) is 0 Å². The standard InChI is InChI=1S/C9H8Cl2N2O4/c1-16-4-5(10)12-8(11)13-6(4)17-9(2-3-9)7(14)15/h2-3H2,1H3,(H,14,15). The van der Waals surface area contributed by atoms with Crippen LogP contribution in [0.25, 0.3) is 0 Å². The highest BCUT2D eigenvalue weighted by Crippen LogP contribution is 2.43. The van der Waals surface area contributed by atoms with Gasteiger partial charge in [0.1, 0.15) is 0 Å². The van der Waals surface area contributed by atoms with Crippen molar-refractivity contribution in [1.82, 2.24) is 9.97 Å². The smallest absolute Gasteiger partial charge is 0.348 e. The molecule has 0 saturated heterocycles. The molecular formula is C9H8Cl2N2O4. The van der Waals surface area contributed by atoms with E-state index in [2.05, 4.69) is 9.97 Å². The summed E-state index contributed by atoms with van der Waals surface area (Å²) in [5, 5.41) is 8.84. The minimum Gasteiger partial charge on any atom is -0.489 e. The first-order valence-corrected chi connectivity index (χ1v) is 5.43. The molecule has 8 heteroatoms. The van der Waals surface area contributed by atoms with Crippen LogP contribution < -0.4 is 9.47 Å². The molecule has 1 aliphatic rings. The summed E-state index contributed by atoms with van der Waals surface area (Å²) >= 11 is 11.4. The zero-order valence-corrected chi connectivity index (χ0v) is 10.2. The van der Waals surface area contributed by atoms with E-state index in [-0.39, 0.29) is 22.1 Å². The highest BCUT2D eigenvalue weighted by atomic mass is 35.5. The van der Waals surface area contributed by atoms with Crippen molar-refractivity contribution in [2.24, 2.45) is 0 Å². The molecule has 0 aromatic carbocycles. The summed E-state index contributed by atoms with van der Waals surface area (Å²) in [4.78, 5) is 18.4. The molecule has 0 aliphatic heterocycles. The Morgan fingerprint density at radius 1 is 1.41 bits per heavy atom. The summed E-state index contributed by atoms with van der Waals surface area (Å²) < 4.78 is 10.3. The number of hydrogen-bond donors (Lipinski definition) is 1. The van der Waals surface area contributed by atoms with Crippen molar-refractivity contribution in [2.45, 2.75) is 18.4 Å². The van der Waals surface area contributed by atoms with Gasteiger partial charge in [-0.05, 0) is 11.6 Å². The van der Waals surface area contributed by atoms with Crippen LogP contribution in [0.5, 0.6) is 11.6 Å². The number of carboxylic acid groups (broad SMARTS) is 1. The van der Waals surface area contributed by atoms with Crippen LogP contribution in [0.2, 0.25) is 10.4 Å². The number of hydrogen-bond acceptors (Lipinski definition) is 5. The molecule has 1 saturated carbocycles. The minimum absolute atomic E-state index is 0.0244. The number of methoxy groups -OCH3 is 1. The lowest BCUT2D eigenvalue weighted by atomic mass is 10.3. The van der Waals surface area contributed by atoms with Gasteiger partial charge in [0, 0.05) is 12.8 Å². The Morgan fingerprint density at radius 2 is 2.06 bits per heavy atom. The monoisotopic (exact) mass is 278 g/mol. The van der Waals surface area contributed by atoms with Gasteiger partial charge in [-0.2, -0.15) is 4.98 Å². The lowest BCUT2D eigenvalue weighted by Gasteiger charge is -2.15. The third kappa shape index (κ3) is 2.23. The maximum atomic E-state index is 11.0. The Kier molecular flexibility index (Phi) is 3.01. The molecule has 1 aromatic rings. The molecule has 1 aromatic heterocycles. The van der Waals surface area contributed by atoms with E-state index in [1.165, 1.54) is 7.11 Å². The Bertz CT molecular complexity index is 476. The van der Waals surface area contributed by atoms with Gasteiger partial charge >= 0.3 is 5.97 Å². The quantitative estimate of drug-likeness (QED) is 0.668. The lowest BCUT2D eigenvalue weighted by molar-refractivity contribution is -0.147. The summed E-state index contributed by atoms with van der Waals surface area (Å²) in [7, 11) is 1.35. The number of ether oxygens (including phenoxy) is 2. The van der Waals surface area contributed by atoms with E-state index in [9.17, 15) is 4.79 Å².